The van der Waals surface area contributed by atoms with Crippen molar-refractivity contribution >= 4 is 71.7 Å². The fourth-order valence-corrected chi connectivity index (χ4v) is 7.29. The predicted octanol–water partition coefficient (Wildman–Crippen LogP) is 13.4. The van der Waals surface area contributed by atoms with Gasteiger partial charge in [0.25, 0.3) is 0 Å². The molecule has 0 aliphatic heterocycles. The zero-order valence-electron chi connectivity index (χ0n) is 26.5. The minimum atomic E-state index is 0.870. The number of anilines is 3. The normalized spacial score (nSPS) is 11.7. The second kappa shape index (κ2) is 11.0. The highest BCUT2D eigenvalue weighted by Gasteiger charge is 2.20. The van der Waals surface area contributed by atoms with Crippen molar-refractivity contribution in [1.29, 1.82) is 0 Å². The van der Waals surface area contributed by atoms with Gasteiger partial charge in [0.2, 0.25) is 0 Å². The molecule has 0 fully saturated rings. The van der Waals surface area contributed by atoms with Gasteiger partial charge in [0.1, 0.15) is 22.3 Å². The Hall–Kier alpha value is -6.58. The largest absolute Gasteiger partial charge is 0.456 e. The lowest BCUT2D eigenvalue weighted by molar-refractivity contribution is 0.669. The Morgan fingerprint density at radius 3 is 1.76 bits per heavy atom. The maximum absolute atomic E-state index is 6.39. The SMILES string of the molecule is c1ccc(-c2ccc(N(c3ccc(-c4ccc5oc6c7ccccc7ccc6c5c4)cc3)c3cccc4oc5ccccc5c34)cc2)cc1. The van der Waals surface area contributed by atoms with Crippen LogP contribution in [-0.2, 0) is 0 Å². The molecule has 0 aliphatic rings. The summed E-state index contributed by atoms with van der Waals surface area (Å²) >= 11 is 0. The molecule has 0 saturated carbocycles. The van der Waals surface area contributed by atoms with Crippen molar-refractivity contribution in [2.45, 2.75) is 0 Å². The summed E-state index contributed by atoms with van der Waals surface area (Å²) in [4.78, 5) is 2.33. The molecule has 8 aromatic carbocycles. The molecule has 0 amide bonds. The van der Waals surface area contributed by atoms with Crippen LogP contribution in [-0.4, -0.2) is 0 Å². The molecule has 0 bridgehead atoms. The van der Waals surface area contributed by atoms with Gasteiger partial charge in [-0.1, -0.05) is 115 Å². The number of nitrogens with zero attached hydrogens (tertiary/aromatic N) is 1. The highest BCUT2D eigenvalue weighted by molar-refractivity contribution is 6.16. The molecule has 0 saturated heterocycles. The maximum atomic E-state index is 6.39. The fourth-order valence-electron chi connectivity index (χ4n) is 7.29. The molecule has 2 heterocycles. The third kappa shape index (κ3) is 4.51. The van der Waals surface area contributed by atoms with Gasteiger partial charge in [-0.3, -0.25) is 0 Å². The maximum Gasteiger partial charge on any atom is 0.143 e. The average molecular weight is 628 g/mol. The molecule has 0 aliphatic carbocycles. The first-order valence-electron chi connectivity index (χ1n) is 16.6. The smallest absolute Gasteiger partial charge is 0.143 e. The first-order valence-corrected chi connectivity index (χ1v) is 16.6. The van der Waals surface area contributed by atoms with Crippen molar-refractivity contribution in [1.82, 2.24) is 0 Å². The van der Waals surface area contributed by atoms with E-state index in [-0.39, 0.29) is 0 Å². The Balaban J connectivity index is 1.10. The summed E-state index contributed by atoms with van der Waals surface area (Å²) < 4.78 is 12.7. The van der Waals surface area contributed by atoms with Gasteiger partial charge in [0, 0.05) is 32.9 Å². The fraction of sp³-hybridized carbons (Fsp3) is 0. The van der Waals surface area contributed by atoms with Crippen molar-refractivity contribution in [3.8, 4) is 22.3 Å². The van der Waals surface area contributed by atoms with E-state index in [0.29, 0.717) is 0 Å². The summed E-state index contributed by atoms with van der Waals surface area (Å²) in [5.41, 5.74) is 11.5. The highest BCUT2D eigenvalue weighted by atomic mass is 16.3. The Morgan fingerprint density at radius 2 is 0.959 bits per heavy atom. The topological polar surface area (TPSA) is 29.5 Å². The third-order valence-electron chi connectivity index (χ3n) is 9.67. The van der Waals surface area contributed by atoms with Crippen LogP contribution in [0, 0.1) is 0 Å². The van der Waals surface area contributed by atoms with Crippen LogP contribution in [0.25, 0.3) is 76.9 Å². The quantitative estimate of drug-likeness (QED) is 0.190. The van der Waals surface area contributed by atoms with E-state index in [4.69, 9.17) is 8.83 Å². The lowest BCUT2D eigenvalue weighted by atomic mass is 10.0. The average Bonchev–Trinajstić information content (AvgIpc) is 3.75. The van der Waals surface area contributed by atoms with Gasteiger partial charge >= 0.3 is 0 Å². The van der Waals surface area contributed by atoms with Gasteiger partial charge in [-0.15, -0.1) is 0 Å². The van der Waals surface area contributed by atoms with Crippen LogP contribution >= 0.6 is 0 Å². The minimum Gasteiger partial charge on any atom is -0.456 e. The summed E-state index contributed by atoms with van der Waals surface area (Å²) in [6.07, 6.45) is 0. The number of benzene rings is 8. The lowest BCUT2D eigenvalue weighted by Gasteiger charge is -2.26. The molecular formula is C46H29NO2. The molecule has 0 unspecified atom stereocenters. The van der Waals surface area contributed by atoms with Gasteiger partial charge in [0.05, 0.1) is 11.1 Å². The number of furan rings is 2. The number of rotatable bonds is 5. The number of fused-ring (bicyclic) bond motifs is 8. The molecule has 230 valence electrons. The van der Waals surface area contributed by atoms with Crippen molar-refractivity contribution in [3.05, 3.63) is 176 Å². The predicted molar refractivity (Wildman–Crippen MR) is 204 cm³/mol. The van der Waals surface area contributed by atoms with E-state index < -0.39 is 0 Å². The summed E-state index contributed by atoms with van der Waals surface area (Å²) in [5.74, 6) is 0. The molecule has 0 radical (unpaired) electrons. The van der Waals surface area contributed by atoms with E-state index in [2.05, 4.69) is 169 Å². The van der Waals surface area contributed by atoms with Crippen LogP contribution in [0.4, 0.5) is 17.1 Å². The second-order valence-corrected chi connectivity index (χ2v) is 12.5. The van der Waals surface area contributed by atoms with Gasteiger partial charge < -0.3 is 13.7 Å². The Labute approximate surface area is 282 Å². The van der Waals surface area contributed by atoms with E-state index in [9.17, 15) is 0 Å². The molecule has 0 spiro atoms. The standard InChI is InChI=1S/C46H29NO2/c1-2-9-30(10-3-1)31-17-23-35(24-18-31)47(41-14-8-16-44-45(41)39-13-6-7-15-42(39)48-44)36-25-19-32(20-26-36)34-22-28-43-40(29-34)38-27-21-33-11-4-5-12-37(33)46(38)49-43/h1-29H. The van der Waals surface area contributed by atoms with Gasteiger partial charge in [-0.25, -0.2) is 0 Å². The van der Waals surface area contributed by atoms with Gasteiger partial charge in [0.15, 0.2) is 0 Å². The number of hydrogen-bond acceptors (Lipinski definition) is 3. The van der Waals surface area contributed by atoms with Gasteiger partial charge in [-0.2, -0.15) is 0 Å². The van der Waals surface area contributed by atoms with Crippen LogP contribution in [0.5, 0.6) is 0 Å². The first-order chi connectivity index (χ1) is 24.3. The second-order valence-electron chi connectivity index (χ2n) is 12.5. The van der Waals surface area contributed by atoms with Crippen molar-refractivity contribution < 1.29 is 8.83 Å². The van der Waals surface area contributed by atoms with Crippen LogP contribution < -0.4 is 4.90 Å². The summed E-state index contributed by atoms with van der Waals surface area (Å²) in [6.45, 7) is 0. The van der Waals surface area contributed by atoms with E-state index in [0.717, 1.165) is 77.5 Å². The Bertz CT molecular complexity index is 2810. The number of hydrogen-bond donors (Lipinski definition) is 0. The molecule has 3 nitrogen and oxygen atoms in total. The van der Waals surface area contributed by atoms with E-state index in [1.54, 1.807) is 0 Å². The van der Waals surface area contributed by atoms with Gasteiger partial charge in [-0.05, 0) is 88.3 Å². The molecule has 49 heavy (non-hydrogen) atoms. The van der Waals surface area contributed by atoms with Crippen LogP contribution in [0.1, 0.15) is 0 Å². The summed E-state index contributed by atoms with van der Waals surface area (Å²) in [7, 11) is 0. The minimum absolute atomic E-state index is 0.870. The zero-order valence-corrected chi connectivity index (χ0v) is 26.5. The molecule has 0 N–H and O–H groups in total. The molecule has 3 heteroatoms. The van der Waals surface area contributed by atoms with E-state index in [1.807, 2.05) is 12.1 Å². The molecule has 0 atom stereocenters. The molecule has 2 aromatic heterocycles. The third-order valence-corrected chi connectivity index (χ3v) is 9.67. The monoisotopic (exact) mass is 627 g/mol. The van der Waals surface area contributed by atoms with Crippen molar-refractivity contribution in [2.24, 2.45) is 0 Å². The van der Waals surface area contributed by atoms with Crippen LogP contribution in [0.15, 0.2) is 185 Å². The molecular weight excluding hydrogens is 599 g/mol. The van der Waals surface area contributed by atoms with Crippen molar-refractivity contribution in [3.63, 3.8) is 0 Å². The van der Waals surface area contributed by atoms with Crippen LogP contribution in [0.3, 0.4) is 0 Å². The zero-order chi connectivity index (χ0) is 32.3. The van der Waals surface area contributed by atoms with E-state index >= 15 is 0 Å². The summed E-state index contributed by atoms with van der Waals surface area (Å²) in [5, 5.41) is 6.78. The number of para-hydroxylation sites is 1. The Morgan fingerprint density at radius 1 is 0.347 bits per heavy atom. The lowest BCUT2D eigenvalue weighted by Crippen LogP contribution is -2.10. The molecule has 10 aromatic rings. The van der Waals surface area contributed by atoms with E-state index in [1.165, 1.54) is 16.5 Å². The van der Waals surface area contributed by atoms with Crippen molar-refractivity contribution in [2.75, 3.05) is 4.90 Å². The molecule has 10 rings (SSSR count). The Kier molecular flexibility index (Phi) is 6.18. The first kappa shape index (κ1) is 27.5. The highest BCUT2D eigenvalue weighted by Crippen LogP contribution is 2.44. The summed E-state index contributed by atoms with van der Waals surface area (Å²) in [6, 6.07) is 62.0. The van der Waals surface area contributed by atoms with Crippen LogP contribution in [0.2, 0.25) is 0 Å².